The van der Waals surface area contributed by atoms with Gasteiger partial charge in [-0.2, -0.15) is 0 Å². The van der Waals surface area contributed by atoms with Crippen LogP contribution in [0.25, 0.3) is 0 Å². The summed E-state index contributed by atoms with van der Waals surface area (Å²) in [4.78, 5) is 0. The highest BCUT2D eigenvalue weighted by atomic mass is 127. The van der Waals surface area contributed by atoms with Gasteiger partial charge >= 0.3 is 0 Å². The van der Waals surface area contributed by atoms with Gasteiger partial charge in [-0.1, -0.05) is 13.8 Å². The molecule has 90 valence electrons. The van der Waals surface area contributed by atoms with E-state index in [1.54, 1.807) is 0 Å². The summed E-state index contributed by atoms with van der Waals surface area (Å²) in [5.41, 5.74) is 7.26. The fourth-order valence-electron chi connectivity index (χ4n) is 1.48. The van der Waals surface area contributed by atoms with E-state index in [-0.39, 0.29) is 6.04 Å². The molecule has 0 aliphatic rings. The minimum absolute atomic E-state index is 0.0741. The van der Waals surface area contributed by atoms with Gasteiger partial charge in [-0.3, -0.25) is 0 Å². The summed E-state index contributed by atoms with van der Waals surface area (Å²) < 4.78 is 1.75. The molecular weight excluding hydrogens is 428 g/mol. The van der Waals surface area contributed by atoms with E-state index < -0.39 is 0 Å². The predicted octanol–water partition coefficient (Wildman–Crippen LogP) is 4.04. The van der Waals surface area contributed by atoms with E-state index in [1.807, 2.05) is 12.1 Å². The van der Waals surface area contributed by atoms with E-state index in [1.165, 1.54) is 0 Å². The van der Waals surface area contributed by atoms with E-state index in [0.29, 0.717) is 11.7 Å². The molecule has 2 nitrogen and oxygen atoms in total. The van der Waals surface area contributed by atoms with E-state index in [4.69, 9.17) is 5.73 Å². The maximum absolute atomic E-state index is 9.67. The fourth-order valence-corrected chi connectivity index (χ4v) is 3.30. The van der Waals surface area contributed by atoms with Crippen molar-refractivity contribution in [3.63, 3.8) is 0 Å². The van der Waals surface area contributed by atoms with E-state index >= 15 is 0 Å². The molecule has 1 rings (SSSR count). The number of halogens is 2. The second kappa shape index (κ2) is 6.39. The van der Waals surface area contributed by atoms with Crippen LogP contribution in [0.4, 0.5) is 0 Å². The molecule has 0 radical (unpaired) electrons. The average molecular weight is 445 g/mol. The molecular formula is C12H17I2NO. The van der Waals surface area contributed by atoms with Gasteiger partial charge in [-0.25, -0.2) is 0 Å². The summed E-state index contributed by atoms with van der Waals surface area (Å²) in [6.07, 6.45) is 2.13. The Labute approximate surface area is 124 Å². The van der Waals surface area contributed by atoms with Crippen LogP contribution in [0.3, 0.4) is 0 Å². The highest BCUT2D eigenvalue weighted by molar-refractivity contribution is 14.1. The number of benzene rings is 1. The number of phenols is 1. The normalized spacial score (nSPS) is 13.1. The van der Waals surface area contributed by atoms with Gasteiger partial charge in [0.2, 0.25) is 0 Å². The van der Waals surface area contributed by atoms with Crippen molar-refractivity contribution in [1.29, 1.82) is 0 Å². The first-order valence-electron chi connectivity index (χ1n) is 5.35. The zero-order chi connectivity index (χ0) is 12.3. The number of nitrogens with two attached hydrogens (primary N) is 1. The summed E-state index contributed by atoms with van der Waals surface area (Å²) in [6, 6.07) is 4.02. The van der Waals surface area contributed by atoms with Gasteiger partial charge in [-0.05, 0) is 81.6 Å². The molecule has 1 atom stereocenters. The van der Waals surface area contributed by atoms with Crippen molar-refractivity contribution in [2.45, 2.75) is 32.7 Å². The highest BCUT2D eigenvalue weighted by Gasteiger charge is 2.11. The molecule has 0 unspecified atom stereocenters. The molecule has 0 aliphatic heterocycles. The maximum Gasteiger partial charge on any atom is 0.142 e. The van der Waals surface area contributed by atoms with Gasteiger partial charge in [0.25, 0.3) is 0 Å². The zero-order valence-electron chi connectivity index (χ0n) is 9.50. The van der Waals surface area contributed by atoms with Gasteiger partial charge in [0.05, 0.1) is 7.14 Å². The van der Waals surface area contributed by atoms with Gasteiger partial charge in [0, 0.05) is 6.04 Å². The summed E-state index contributed by atoms with van der Waals surface area (Å²) in [5, 5.41) is 9.67. The molecule has 3 N–H and O–H groups in total. The van der Waals surface area contributed by atoms with Crippen LogP contribution < -0.4 is 5.73 Å². The first kappa shape index (κ1) is 14.5. The Bertz CT molecular complexity index is 343. The third kappa shape index (κ3) is 4.03. The second-order valence-electron chi connectivity index (χ2n) is 4.41. The Kier molecular flexibility index (Phi) is 5.79. The van der Waals surface area contributed by atoms with E-state index in [9.17, 15) is 5.11 Å². The molecule has 0 saturated carbocycles. The second-order valence-corrected chi connectivity index (χ2v) is 6.74. The number of rotatable bonds is 4. The predicted molar refractivity (Wildman–Crippen MR) is 84.5 cm³/mol. The van der Waals surface area contributed by atoms with Gasteiger partial charge < -0.3 is 10.8 Å². The zero-order valence-corrected chi connectivity index (χ0v) is 13.8. The Morgan fingerprint density at radius 2 is 1.69 bits per heavy atom. The quantitative estimate of drug-likeness (QED) is 0.688. The van der Waals surface area contributed by atoms with Crippen molar-refractivity contribution in [2.75, 3.05) is 0 Å². The molecule has 16 heavy (non-hydrogen) atoms. The molecule has 1 aromatic rings. The summed E-state index contributed by atoms with van der Waals surface area (Å²) in [6.45, 7) is 4.41. The summed E-state index contributed by atoms with van der Waals surface area (Å²) in [5.74, 6) is 1.04. The third-order valence-corrected chi connectivity index (χ3v) is 4.17. The van der Waals surface area contributed by atoms with E-state index in [2.05, 4.69) is 59.0 Å². The monoisotopic (exact) mass is 445 g/mol. The highest BCUT2D eigenvalue weighted by Crippen LogP contribution is 2.30. The standard InChI is InChI=1S/C12H17I2NO/c1-7(2)3-4-11(15)8-5-9(13)12(16)10(14)6-8/h5-7,11,16H,3-4,15H2,1-2H3/t11-/m0/s1. The fraction of sp³-hybridized carbons (Fsp3) is 0.500. The van der Waals surface area contributed by atoms with Crippen molar-refractivity contribution in [3.05, 3.63) is 24.8 Å². The van der Waals surface area contributed by atoms with Crippen LogP contribution in [0.2, 0.25) is 0 Å². The first-order chi connectivity index (χ1) is 7.41. The van der Waals surface area contributed by atoms with Gasteiger partial charge in [-0.15, -0.1) is 0 Å². The molecule has 0 aliphatic carbocycles. The van der Waals surface area contributed by atoms with Crippen molar-refractivity contribution in [2.24, 2.45) is 11.7 Å². The lowest BCUT2D eigenvalue weighted by Crippen LogP contribution is -2.11. The van der Waals surface area contributed by atoms with Crippen molar-refractivity contribution in [3.8, 4) is 5.75 Å². The number of phenolic OH excluding ortho intramolecular Hbond substituents is 1. The minimum atomic E-state index is 0.0741. The molecule has 0 aromatic heterocycles. The Morgan fingerprint density at radius 1 is 1.19 bits per heavy atom. The molecule has 0 spiro atoms. The first-order valence-corrected chi connectivity index (χ1v) is 7.51. The Balaban J connectivity index is 2.80. The molecule has 0 saturated heterocycles. The van der Waals surface area contributed by atoms with Crippen LogP contribution >= 0.6 is 45.2 Å². The van der Waals surface area contributed by atoms with Crippen LogP contribution in [-0.4, -0.2) is 5.11 Å². The lowest BCUT2D eigenvalue weighted by Gasteiger charge is -2.15. The Hall–Kier alpha value is 0.440. The van der Waals surface area contributed by atoms with Gasteiger partial charge in [0.15, 0.2) is 0 Å². The topological polar surface area (TPSA) is 46.2 Å². The molecule has 0 bridgehead atoms. The third-order valence-electron chi connectivity index (χ3n) is 2.52. The summed E-state index contributed by atoms with van der Waals surface area (Å²) in [7, 11) is 0. The van der Waals surface area contributed by atoms with Crippen molar-refractivity contribution >= 4 is 45.2 Å². The lowest BCUT2D eigenvalue weighted by molar-refractivity contribution is 0.466. The minimum Gasteiger partial charge on any atom is -0.506 e. The van der Waals surface area contributed by atoms with Crippen LogP contribution in [0.15, 0.2) is 12.1 Å². The summed E-state index contributed by atoms with van der Waals surface area (Å²) >= 11 is 4.28. The van der Waals surface area contributed by atoms with Crippen LogP contribution in [0, 0.1) is 13.1 Å². The molecule has 0 amide bonds. The number of aromatic hydroxyl groups is 1. The lowest BCUT2D eigenvalue weighted by atomic mass is 9.98. The number of hydrogen-bond acceptors (Lipinski definition) is 2. The number of hydrogen-bond donors (Lipinski definition) is 2. The SMILES string of the molecule is CC(C)CC[C@H](N)c1cc(I)c(O)c(I)c1. The van der Waals surface area contributed by atoms with E-state index in [0.717, 1.165) is 25.5 Å². The molecule has 0 fully saturated rings. The van der Waals surface area contributed by atoms with Crippen LogP contribution in [-0.2, 0) is 0 Å². The molecule has 1 aromatic carbocycles. The van der Waals surface area contributed by atoms with Crippen molar-refractivity contribution in [1.82, 2.24) is 0 Å². The van der Waals surface area contributed by atoms with Crippen LogP contribution in [0.5, 0.6) is 5.75 Å². The maximum atomic E-state index is 9.67. The molecule has 4 heteroatoms. The van der Waals surface area contributed by atoms with Crippen LogP contribution in [0.1, 0.15) is 38.3 Å². The smallest absolute Gasteiger partial charge is 0.142 e. The van der Waals surface area contributed by atoms with Crippen molar-refractivity contribution < 1.29 is 5.11 Å². The van der Waals surface area contributed by atoms with Gasteiger partial charge in [0.1, 0.15) is 5.75 Å². The Morgan fingerprint density at radius 3 is 2.12 bits per heavy atom. The molecule has 0 heterocycles. The largest absolute Gasteiger partial charge is 0.506 e. The average Bonchev–Trinajstić information content (AvgIpc) is 2.21.